The summed E-state index contributed by atoms with van der Waals surface area (Å²) in [7, 11) is 1.57. The van der Waals surface area contributed by atoms with Gasteiger partial charge in [-0.2, -0.15) is 0 Å². The number of hydrogen-bond acceptors (Lipinski definition) is 8. The number of anilines is 1. The molecule has 0 atom stereocenters. The van der Waals surface area contributed by atoms with Gasteiger partial charge in [0, 0.05) is 37.5 Å². The van der Waals surface area contributed by atoms with Gasteiger partial charge in [0.25, 0.3) is 0 Å². The van der Waals surface area contributed by atoms with Crippen LogP contribution in [0.5, 0.6) is 23.1 Å². The number of nitrogen functional groups attached to an aromatic ring is 1. The molecule has 9 heteroatoms. The molecule has 4 rings (SSSR count). The summed E-state index contributed by atoms with van der Waals surface area (Å²) in [5.74, 6) is 0.781. The lowest BCUT2D eigenvalue weighted by atomic mass is 10.2. The number of benzene rings is 2. The molecule has 1 aliphatic heterocycles. The fourth-order valence-electron chi connectivity index (χ4n) is 3.39. The maximum absolute atomic E-state index is 14.2. The van der Waals surface area contributed by atoms with Crippen LogP contribution in [0.1, 0.15) is 6.42 Å². The maximum Gasteiger partial charge on any atom is 0.230 e. The van der Waals surface area contributed by atoms with Crippen molar-refractivity contribution in [3.63, 3.8) is 0 Å². The lowest BCUT2D eigenvalue weighted by Gasteiger charge is -2.26. The molecule has 2 N–H and O–H groups in total. The van der Waals surface area contributed by atoms with Gasteiger partial charge in [0.2, 0.25) is 5.88 Å². The second-order valence-corrected chi connectivity index (χ2v) is 7.15. The Hall–Kier alpha value is -3.17. The molecule has 0 amide bonds. The van der Waals surface area contributed by atoms with Gasteiger partial charge in [-0.05, 0) is 24.6 Å². The third kappa shape index (κ3) is 5.12. The number of morpholine rings is 1. The standard InChI is InChI=1S/C22H25FN4O4/c1-28-20-13-18-16(12-21(20)30-8-2-5-27-6-9-29-10-7-27)22(26-14-25-18)31-19-4-3-15(24)11-17(19)23/h3-4,11-14H,2,5-10,24H2,1H3. The van der Waals surface area contributed by atoms with E-state index >= 15 is 0 Å². The van der Waals surface area contributed by atoms with Crippen LogP contribution in [0.3, 0.4) is 0 Å². The molecule has 2 aromatic carbocycles. The third-order valence-electron chi connectivity index (χ3n) is 5.03. The number of halogens is 1. The molecule has 1 aromatic heterocycles. The summed E-state index contributed by atoms with van der Waals surface area (Å²) in [5.41, 5.74) is 6.52. The van der Waals surface area contributed by atoms with Crippen LogP contribution in [0.15, 0.2) is 36.7 Å². The number of methoxy groups -OCH3 is 1. The van der Waals surface area contributed by atoms with Crippen LogP contribution in [0, 0.1) is 5.82 Å². The van der Waals surface area contributed by atoms with Crippen molar-refractivity contribution in [1.82, 2.24) is 14.9 Å². The zero-order chi connectivity index (χ0) is 21.6. The molecule has 0 saturated carbocycles. The predicted molar refractivity (Wildman–Crippen MR) is 114 cm³/mol. The summed E-state index contributed by atoms with van der Waals surface area (Å²) < 4.78 is 36.7. The van der Waals surface area contributed by atoms with Crippen molar-refractivity contribution in [3.05, 3.63) is 42.5 Å². The Balaban J connectivity index is 1.52. The van der Waals surface area contributed by atoms with Gasteiger partial charge in [0.05, 0.1) is 37.8 Å². The molecule has 0 aliphatic carbocycles. The van der Waals surface area contributed by atoms with Gasteiger partial charge in [0.1, 0.15) is 6.33 Å². The van der Waals surface area contributed by atoms with Crippen LogP contribution in [0.25, 0.3) is 10.9 Å². The molecule has 31 heavy (non-hydrogen) atoms. The van der Waals surface area contributed by atoms with Gasteiger partial charge in [-0.25, -0.2) is 14.4 Å². The summed E-state index contributed by atoms with van der Waals surface area (Å²) in [6, 6.07) is 7.73. The van der Waals surface area contributed by atoms with Crippen molar-refractivity contribution >= 4 is 16.6 Å². The van der Waals surface area contributed by atoms with Crippen molar-refractivity contribution in [2.45, 2.75) is 6.42 Å². The number of nitrogens with zero attached hydrogens (tertiary/aromatic N) is 3. The van der Waals surface area contributed by atoms with Crippen molar-refractivity contribution in [3.8, 4) is 23.1 Å². The number of hydrogen-bond donors (Lipinski definition) is 1. The van der Waals surface area contributed by atoms with E-state index in [9.17, 15) is 4.39 Å². The smallest absolute Gasteiger partial charge is 0.230 e. The lowest BCUT2D eigenvalue weighted by molar-refractivity contribution is 0.0357. The molecule has 0 bridgehead atoms. The SMILES string of the molecule is COc1cc2ncnc(Oc3ccc(N)cc3F)c2cc1OCCCN1CCOCC1. The maximum atomic E-state index is 14.2. The van der Waals surface area contributed by atoms with E-state index in [2.05, 4.69) is 14.9 Å². The van der Waals surface area contributed by atoms with Crippen molar-refractivity contribution in [2.75, 3.05) is 52.3 Å². The predicted octanol–water partition coefficient (Wildman–Crippen LogP) is 3.25. The van der Waals surface area contributed by atoms with E-state index in [1.54, 1.807) is 25.3 Å². The van der Waals surface area contributed by atoms with Crippen LogP contribution in [-0.4, -0.2) is 61.4 Å². The average molecular weight is 428 g/mol. The molecule has 1 fully saturated rings. The number of aromatic nitrogens is 2. The highest BCUT2D eigenvalue weighted by Gasteiger charge is 2.15. The fraction of sp³-hybridized carbons (Fsp3) is 0.364. The van der Waals surface area contributed by atoms with Crippen LogP contribution >= 0.6 is 0 Å². The quantitative estimate of drug-likeness (QED) is 0.432. The zero-order valence-electron chi connectivity index (χ0n) is 17.3. The van der Waals surface area contributed by atoms with E-state index < -0.39 is 5.82 Å². The van der Waals surface area contributed by atoms with E-state index in [4.69, 9.17) is 24.7 Å². The number of fused-ring (bicyclic) bond motifs is 1. The summed E-state index contributed by atoms with van der Waals surface area (Å²) in [5, 5.41) is 0.586. The van der Waals surface area contributed by atoms with E-state index in [1.165, 1.54) is 18.5 Å². The number of ether oxygens (including phenoxy) is 4. The molecule has 1 aliphatic rings. The average Bonchev–Trinajstić information content (AvgIpc) is 2.79. The van der Waals surface area contributed by atoms with Crippen LogP contribution in [0.4, 0.5) is 10.1 Å². The molecule has 1 saturated heterocycles. The van der Waals surface area contributed by atoms with Crippen LogP contribution < -0.4 is 19.9 Å². The first-order chi connectivity index (χ1) is 15.1. The minimum Gasteiger partial charge on any atom is -0.493 e. The first-order valence-electron chi connectivity index (χ1n) is 10.1. The molecule has 3 aromatic rings. The minimum absolute atomic E-state index is 0.0259. The molecular formula is C22H25FN4O4. The van der Waals surface area contributed by atoms with E-state index in [0.29, 0.717) is 34.7 Å². The Labute approximate surface area is 179 Å². The molecule has 0 spiro atoms. The fourth-order valence-corrected chi connectivity index (χ4v) is 3.39. The molecule has 2 heterocycles. The van der Waals surface area contributed by atoms with Crippen molar-refractivity contribution in [2.24, 2.45) is 0 Å². The molecule has 0 unspecified atom stereocenters. The second kappa shape index (κ2) is 9.76. The van der Waals surface area contributed by atoms with Gasteiger partial charge < -0.3 is 24.7 Å². The number of rotatable bonds is 8. The van der Waals surface area contributed by atoms with Gasteiger partial charge in [-0.15, -0.1) is 0 Å². The van der Waals surface area contributed by atoms with E-state index in [-0.39, 0.29) is 11.6 Å². The second-order valence-electron chi connectivity index (χ2n) is 7.15. The normalized spacial score (nSPS) is 14.5. The van der Waals surface area contributed by atoms with Crippen molar-refractivity contribution < 1.29 is 23.3 Å². The van der Waals surface area contributed by atoms with Crippen LogP contribution in [0.2, 0.25) is 0 Å². The summed E-state index contributed by atoms with van der Waals surface area (Å²) in [6.45, 7) is 4.90. The lowest BCUT2D eigenvalue weighted by Crippen LogP contribution is -2.37. The first kappa shape index (κ1) is 21.1. The number of nitrogens with two attached hydrogens (primary N) is 1. The monoisotopic (exact) mass is 428 g/mol. The highest BCUT2D eigenvalue weighted by molar-refractivity contribution is 5.87. The van der Waals surface area contributed by atoms with E-state index in [0.717, 1.165) is 39.3 Å². The highest BCUT2D eigenvalue weighted by Crippen LogP contribution is 2.36. The Bertz CT molecular complexity index is 1040. The molecule has 164 valence electrons. The molecular weight excluding hydrogens is 403 g/mol. The minimum atomic E-state index is -0.570. The van der Waals surface area contributed by atoms with Gasteiger partial charge in [0.15, 0.2) is 23.1 Å². The summed E-state index contributed by atoms with van der Waals surface area (Å²) >= 11 is 0. The largest absolute Gasteiger partial charge is 0.493 e. The van der Waals surface area contributed by atoms with E-state index in [1.807, 2.05) is 0 Å². The molecule has 0 radical (unpaired) electrons. The van der Waals surface area contributed by atoms with Crippen molar-refractivity contribution in [1.29, 1.82) is 0 Å². The van der Waals surface area contributed by atoms with Gasteiger partial charge in [-0.1, -0.05) is 0 Å². The highest BCUT2D eigenvalue weighted by atomic mass is 19.1. The Kier molecular flexibility index (Phi) is 6.63. The summed E-state index contributed by atoms with van der Waals surface area (Å²) in [4.78, 5) is 10.8. The first-order valence-corrected chi connectivity index (χ1v) is 10.1. The Morgan fingerprint density at radius 1 is 1.10 bits per heavy atom. The Morgan fingerprint density at radius 3 is 2.71 bits per heavy atom. The summed E-state index contributed by atoms with van der Waals surface area (Å²) in [6.07, 6.45) is 2.22. The molecule has 8 nitrogen and oxygen atoms in total. The van der Waals surface area contributed by atoms with Gasteiger partial charge in [-0.3, -0.25) is 4.90 Å². The zero-order valence-corrected chi connectivity index (χ0v) is 17.3. The third-order valence-corrected chi connectivity index (χ3v) is 5.03. The topological polar surface area (TPSA) is 92.0 Å². The van der Waals surface area contributed by atoms with Crippen LogP contribution in [-0.2, 0) is 4.74 Å². The Morgan fingerprint density at radius 2 is 1.94 bits per heavy atom. The van der Waals surface area contributed by atoms with Gasteiger partial charge >= 0.3 is 0 Å².